The smallest absolute Gasteiger partial charge is 0.234 e. The van der Waals surface area contributed by atoms with Gasteiger partial charge in [-0.25, -0.2) is 19.9 Å². The number of fused-ring (bicyclic) bond motifs is 1. The molecule has 0 saturated carbocycles. The summed E-state index contributed by atoms with van der Waals surface area (Å²) in [6.45, 7) is 1.67. The zero-order valence-electron chi connectivity index (χ0n) is 14.4. The predicted molar refractivity (Wildman–Crippen MR) is 102 cm³/mol. The fourth-order valence-electron chi connectivity index (χ4n) is 3.24. The second kappa shape index (κ2) is 7.32. The Morgan fingerprint density at radius 2 is 2.19 bits per heavy atom. The number of nitrogens with zero attached hydrogens (tertiary/aromatic N) is 5. The molecule has 4 rings (SSSR count). The molecule has 0 spiro atoms. The lowest BCUT2D eigenvalue weighted by atomic mass is 10.2. The van der Waals surface area contributed by atoms with E-state index in [4.69, 9.17) is 0 Å². The molecule has 136 valence electrons. The Labute approximate surface area is 155 Å². The largest absolute Gasteiger partial charge is 0.373 e. The first-order chi connectivity index (χ1) is 12.7. The van der Waals surface area contributed by atoms with Crippen LogP contribution in [-0.2, 0) is 4.79 Å². The van der Waals surface area contributed by atoms with Gasteiger partial charge >= 0.3 is 0 Å². The monoisotopic (exact) mass is 372 g/mol. The van der Waals surface area contributed by atoms with E-state index in [1.807, 2.05) is 13.1 Å². The second-order valence-corrected chi connectivity index (χ2v) is 7.09. The van der Waals surface area contributed by atoms with Crippen molar-refractivity contribution in [2.24, 2.45) is 0 Å². The Bertz CT molecular complexity index is 817. The third kappa shape index (κ3) is 3.36. The summed E-state index contributed by atoms with van der Waals surface area (Å²) in [6, 6.07) is 2.26. The molecule has 0 aliphatic carbocycles. The number of hydrogen-bond acceptors (Lipinski definition) is 9. The molecule has 1 saturated heterocycles. The average molecular weight is 372 g/mol. The van der Waals surface area contributed by atoms with Gasteiger partial charge in [-0.05, 0) is 12.8 Å². The van der Waals surface area contributed by atoms with Gasteiger partial charge in [-0.15, -0.1) is 0 Å². The van der Waals surface area contributed by atoms with E-state index in [1.165, 1.54) is 18.1 Å². The maximum Gasteiger partial charge on any atom is 0.234 e. The number of carbonyl (C=O) groups is 1. The number of carbonyl (C=O) groups excluding carboxylic acids is 1. The minimum atomic E-state index is -0.0246. The summed E-state index contributed by atoms with van der Waals surface area (Å²) in [5.41, 5.74) is 0.679. The van der Waals surface area contributed by atoms with E-state index in [1.54, 1.807) is 6.33 Å². The van der Waals surface area contributed by atoms with E-state index < -0.39 is 0 Å². The van der Waals surface area contributed by atoms with Crippen molar-refractivity contribution in [1.82, 2.24) is 19.9 Å². The molecule has 1 amide bonds. The van der Waals surface area contributed by atoms with Crippen LogP contribution < -0.4 is 20.9 Å². The Morgan fingerprint density at radius 1 is 1.31 bits per heavy atom. The lowest BCUT2D eigenvalue weighted by Gasteiger charge is -2.27. The van der Waals surface area contributed by atoms with Crippen LogP contribution in [0, 0.1) is 0 Å². The summed E-state index contributed by atoms with van der Waals surface area (Å²) >= 11 is 1.43. The molecule has 4 heterocycles. The van der Waals surface area contributed by atoms with Crippen LogP contribution in [0.5, 0.6) is 0 Å². The third-order valence-electron chi connectivity index (χ3n) is 4.50. The summed E-state index contributed by atoms with van der Waals surface area (Å²) < 4.78 is 0. The van der Waals surface area contributed by atoms with Crippen molar-refractivity contribution in [3.05, 3.63) is 18.7 Å². The topological polar surface area (TPSA) is 108 Å². The quantitative estimate of drug-likeness (QED) is 0.672. The van der Waals surface area contributed by atoms with E-state index in [0.717, 1.165) is 36.0 Å². The third-order valence-corrected chi connectivity index (χ3v) is 5.49. The molecule has 0 bridgehead atoms. The first kappa shape index (κ1) is 16.8. The van der Waals surface area contributed by atoms with Crippen LogP contribution in [0.2, 0.25) is 0 Å². The second-order valence-electron chi connectivity index (χ2n) is 6.12. The van der Waals surface area contributed by atoms with Crippen LogP contribution in [0.25, 0.3) is 0 Å². The van der Waals surface area contributed by atoms with Crippen LogP contribution in [0.3, 0.4) is 0 Å². The van der Waals surface area contributed by atoms with Gasteiger partial charge in [0.15, 0.2) is 5.82 Å². The molecular formula is C16H20N8OS. The minimum Gasteiger partial charge on any atom is -0.373 e. The molecule has 0 aromatic carbocycles. The van der Waals surface area contributed by atoms with Crippen LogP contribution >= 0.6 is 11.8 Å². The molecule has 1 unspecified atom stereocenters. The fraction of sp³-hybridized carbons (Fsp3) is 0.438. The standard InChI is InChI=1S/C16H20N8OS/c1-17-11-5-12(20-8-19-11)24-4-2-3-10(24)6-18-15-14-16(22-9-21-15)26-7-13(25)23-14/h5,8-10H,2-4,6-7H2,1H3,(H,23,25)(H,17,19,20)(H,18,21,22). The Morgan fingerprint density at radius 3 is 3.08 bits per heavy atom. The van der Waals surface area contributed by atoms with Crippen molar-refractivity contribution in [3.8, 4) is 0 Å². The highest BCUT2D eigenvalue weighted by molar-refractivity contribution is 8.00. The van der Waals surface area contributed by atoms with Crippen molar-refractivity contribution < 1.29 is 4.79 Å². The molecule has 10 heteroatoms. The molecule has 2 aromatic rings. The van der Waals surface area contributed by atoms with Gasteiger partial charge < -0.3 is 20.9 Å². The van der Waals surface area contributed by atoms with Crippen LogP contribution in [0.15, 0.2) is 23.7 Å². The van der Waals surface area contributed by atoms with E-state index in [9.17, 15) is 4.79 Å². The average Bonchev–Trinajstić information content (AvgIpc) is 3.15. The number of anilines is 4. The van der Waals surface area contributed by atoms with Gasteiger partial charge in [-0.3, -0.25) is 4.79 Å². The summed E-state index contributed by atoms with van der Waals surface area (Å²) in [5.74, 6) is 2.76. The van der Waals surface area contributed by atoms with E-state index in [2.05, 4.69) is 40.8 Å². The Kier molecular flexibility index (Phi) is 4.74. The lowest BCUT2D eigenvalue weighted by Crippen LogP contribution is -2.36. The normalized spacial score (nSPS) is 19.0. The van der Waals surface area contributed by atoms with Crippen LogP contribution in [-0.4, -0.2) is 57.8 Å². The Hall–Kier alpha value is -2.62. The first-order valence-electron chi connectivity index (χ1n) is 8.52. The summed E-state index contributed by atoms with van der Waals surface area (Å²) in [5, 5.41) is 10.1. The highest BCUT2D eigenvalue weighted by Gasteiger charge is 2.27. The number of amides is 1. The highest BCUT2D eigenvalue weighted by atomic mass is 32.2. The van der Waals surface area contributed by atoms with E-state index >= 15 is 0 Å². The van der Waals surface area contributed by atoms with Crippen LogP contribution in [0.1, 0.15) is 12.8 Å². The highest BCUT2D eigenvalue weighted by Crippen LogP contribution is 2.34. The lowest BCUT2D eigenvalue weighted by molar-refractivity contribution is -0.113. The molecule has 9 nitrogen and oxygen atoms in total. The molecule has 1 fully saturated rings. The van der Waals surface area contributed by atoms with Gasteiger partial charge in [0.2, 0.25) is 5.91 Å². The molecule has 3 N–H and O–H groups in total. The number of rotatable bonds is 5. The maximum absolute atomic E-state index is 11.7. The van der Waals surface area contributed by atoms with Crippen molar-refractivity contribution in [2.75, 3.05) is 46.7 Å². The van der Waals surface area contributed by atoms with Crippen LogP contribution in [0.4, 0.5) is 23.1 Å². The SMILES string of the molecule is CNc1cc(N2CCCC2CNc2ncnc3c2NC(=O)CS3)ncn1. The Balaban J connectivity index is 1.48. The molecule has 1 atom stereocenters. The molecule has 2 aromatic heterocycles. The summed E-state index contributed by atoms with van der Waals surface area (Å²) in [4.78, 5) is 31.1. The van der Waals surface area contributed by atoms with Crippen molar-refractivity contribution >= 4 is 40.8 Å². The predicted octanol–water partition coefficient (Wildman–Crippen LogP) is 1.43. The van der Waals surface area contributed by atoms with Gasteiger partial charge in [0.05, 0.1) is 5.75 Å². The number of aromatic nitrogens is 4. The van der Waals surface area contributed by atoms with Gasteiger partial charge in [0.25, 0.3) is 0 Å². The van der Waals surface area contributed by atoms with Crippen molar-refractivity contribution in [3.63, 3.8) is 0 Å². The molecule has 26 heavy (non-hydrogen) atoms. The zero-order chi connectivity index (χ0) is 17.9. The minimum absolute atomic E-state index is 0.0246. The van der Waals surface area contributed by atoms with Crippen molar-refractivity contribution in [1.29, 1.82) is 0 Å². The molecule has 0 radical (unpaired) electrons. The molecule has 2 aliphatic rings. The van der Waals surface area contributed by atoms with Gasteiger partial charge in [-0.2, -0.15) is 0 Å². The van der Waals surface area contributed by atoms with Gasteiger partial charge in [0.1, 0.15) is 35.0 Å². The molecule has 2 aliphatic heterocycles. The van der Waals surface area contributed by atoms with Gasteiger partial charge in [0, 0.05) is 32.2 Å². The van der Waals surface area contributed by atoms with E-state index in [0.29, 0.717) is 29.8 Å². The zero-order valence-corrected chi connectivity index (χ0v) is 15.2. The first-order valence-corrected chi connectivity index (χ1v) is 9.51. The number of thioether (sulfide) groups is 1. The molecular weight excluding hydrogens is 352 g/mol. The van der Waals surface area contributed by atoms with Crippen molar-refractivity contribution in [2.45, 2.75) is 23.9 Å². The summed E-state index contributed by atoms with van der Waals surface area (Å²) in [6.07, 6.45) is 5.29. The summed E-state index contributed by atoms with van der Waals surface area (Å²) in [7, 11) is 1.85. The van der Waals surface area contributed by atoms with Gasteiger partial charge in [-0.1, -0.05) is 11.8 Å². The maximum atomic E-state index is 11.7. The van der Waals surface area contributed by atoms with E-state index in [-0.39, 0.29) is 5.91 Å². The fourth-order valence-corrected chi connectivity index (χ4v) is 3.99. The number of hydrogen-bond donors (Lipinski definition) is 3. The number of nitrogens with one attached hydrogen (secondary N) is 3.